The Bertz CT molecular complexity index is 737. The molecule has 29 heavy (non-hydrogen) atoms. The van der Waals surface area contributed by atoms with Gasteiger partial charge in [0.2, 0.25) is 0 Å². The zero-order valence-electron chi connectivity index (χ0n) is 18.3. The molecule has 2 rings (SSSR count). The molecule has 0 aliphatic heterocycles. The van der Waals surface area contributed by atoms with Gasteiger partial charge in [0.15, 0.2) is 0 Å². The van der Waals surface area contributed by atoms with Gasteiger partial charge in [-0.3, -0.25) is 0 Å². The number of benzene rings is 1. The van der Waals surface area contributed by atoms with Gasteiger partial charge in [-0.15, -0.1) is 0 Å². The molecule has 0 bridgehead atoms. The minimum atomic E-state index is -0.557. The van der Waals surface area contributed by atoms with Crippen LogP contribution in [-0.4, -0.2) is 47.4 Å². The summed E-state index contributed by atoms with van der Waals surface area (Å²) in [6.45, 7) is 12.0. The van der Waals surface area contributed by atoms with Gasteiger partial charge in [0.1, 0.15) is 11.2 Å². The number of nitrogens with zero attached hydrogens (tertiary/aromatic N) is 1. The smallest absolute Gasteiger partial charge is 0.410 e. The summed E-state index contributed by atoms with van der Waals surface area (Å²) in [6.07, 6.45) is 1.47. The van der Waals surface area contributed by atoms with E-state index in [0.717, 1.165) is 17.3 Å². The van der Waals surface area contributed by atoms with Crippen molar-refractivity contribution in [1.29, 1.82) is 0 Å². The van der Waals surface area contributed by atoms with Crippen molar-refractivity contribution in [2.75, 3.05) is 13.1 Å². The monoisotopic (exact) mass is 468 g/mol. The molecule has 0 saturated carbocycles. The summed E-state index contributed by atoms with van der Waals surface area (Å²) in [5.74, 6) is 0. The minimum Gasteiger partial charge on any atom is -0.444 e. The van der Waals surface area contributed by atoms with Crippen LogP contribution in [0.1, 0.15) is 59.1 Å². The highest BCUT2D eigenvalue weighted by molar-refractivity contribution is 9.10. The normalized spacial score (nSPS) is 16.2. The molecule has 6 nitrogen and oxygen atoms in total. The molecule has 1 atom stereocenters. The molecule has 1 unspecified atom stereocenters. The highest BCUT2D eigenvalue weighted by Crippen LogP contribution is 2.29. The number of carbonyl (C=O) groups is 2. The fraction of sp³-hybridized carbons (Fsp3) is 0.636. The first-order valence-electron chi connectivity index (χ1n) is 10.1. The molecule has 1 aliphatic carbocycles. The van der Waals surface area contributed by atoms with E-state index >= 15 is 0 Å². The highest BCUT2D eigenvalue weighted by Gasteiger charge is 2.32. The van der Waals surface area contributed by atoms with E-state index in [1.165, 1.54) is 11.1 Å². The van der Waals surface area contributed by atoms with Crippen LogP contribution in [-0.2, 0) is 22.3 Å². The third-order valence-electron chi connectivity index (χ3n) is 4.39. The molecule has 0 heterocycles. The van der Waals surface area contributed by atoms with Crippen molar-refractivity contribution in [2.45, 2.75) is 78.0 Å². The molecule has 0 saturated heterocycles. The van der Waals surface area contributed by atoms with Gasteiger partial charge in [-0.05, 0) is 84.1 Å². The van der Waals surface area contributed by atoms with Crippen molar-refractivity contribution < 1.29 is 19.1 Å². The Morgan fingerprint density at radius 2 is 1.69 bits per heavy atom. The Hall–Kier alpha value is -1.76. The summed E-state index contributed by atoms with van der Waals surface area (Å²) in [5, 5.41) is 2.75. The molecule has 7 heteroatoms. The second-order valence-corrected chi connectivity index (χ2v) is 10.3. The first-order valence-corrected chi connectivity index (χ1v) is 10.9. The zero-order valence-corrected chi connectivity index (χ0v) is 19.9. The van der Waals surface area contributed by atoms with Crippen molar-refractivity contribution in [1.82, 2.24) is 10.2 Å². The fourth-order valence-corrected chi connectivity index (χ4v) is 3.69. The number of fused-ring (bicyclic) bond motifs is 1. The summed E-state index contributed by atoms with van der Waals surface area (Å²) in [4.78, 5) is 26.5. The molecule has 1 aromatic rings. The van der Waals surface area contributed by atoms with Crippen LogP contribution < -0.4 is 5.32 Å². The summed E-state index contributed by atoms with van der Waals surface area (Å²) >= 11 is 3.52. The minimum absolute atomic E-state index is 0.0516. The Morgan fingerprint density at radius 1 is 1.07 bits per heavy atom. The van der Waals surface area contributed by atoms with Crippen molar-refractivity contribution in [3.05, 3.63) is 33.8 Å². The predicted molar refractivity (Wildman–Crippen MR) is 117 cm³/mol. The van der Waals surface area contributed by atoms with E-state index in [-0.39, 0.29) is 12.1 Å². The summed E-state index contributed by atoms with van der Waals surface area (Å²) in [5.41, 5.74) is 1.43. The van der Waals surface area contributed by atoms with Crippen LogP contribution in [0.5, 0.6) is 0 Å². The van der Waals surface area contributed by atoms with Crippen LogP contribution in [0.25, 0.3) is 0 Å². The second kappa shape index (κ2) is 9.37. The van der Waals surface area contributed by atoms with Crippen LogP contribution in [0.3, 0.4) is 0 Å². The number of nitrogens with one attached hydrogen (secondary N) is 1. The lowest BCUT2D eigenvalue weighted by atomic mass is 10.1. The molecule has 0 aromatic heterocycles. The van der Waals surface area contributed by atoms with Crippen molar-refractivity contribution >= 4 is 28.1 Å². The first kappa shape index (κ1) is 23.5. The van der Waals surface area contributed by atoms with E-state index in [9.17, 15) is 9.59 Å². The number of hydrogen-bond donors (Lipinski definition) is 1. The van der Waals surface area contributed by atoms with Crippen molar-refractivity contribution in [3.8, 4) is 0 Å². The van der Waals surface area contributed by atoms with Gasteiger partial charge in [-0.2, -0.15) is 0 Å². The second-order valence-electron chi connectivity index (χ2n) is 9.43. The van der Waals surface area contributed by atoms with Gasteiger partial charge in [-0.25, -0.2) is 9.59 Å². The Morgan fingerprint density at radius 3 is 2.31 bits per heavy atom. The number of hydrogen-bond acceptors (Lipinski definition) is 4. The average Bonchev–Trinajstić information content (AvgIpc) is 2.93. The van der Waals surface area contributed by atoms with E-state index in [0.29, 0.717) is 19.5 Å². The van der Waals surface area contributed by atoms with E-state index in [1.807, 2.05) is 47.6 Å². The van der Waals surface area contributed by atoms with Crippen molar-refractivity contribution in [3.63, 3.8) is 0 Å². The maximum atomic E-state index is 12.9. The number of amides is 2. The van der Waals surface area contributed by atoms with Crippen molar-refractivity contribution in [2.24, 2.45) is 0 Å². The van der Waals surface area contributed by atoms with Crippen LogP contribution in [0.15, 0.2) is 22.7 Å². The van der Waals surface area contributed by atoms with Crippen LogP contribution in [0.4, 0.5) is 9.59 Å². The standard InChI is InChI=1S/C22H33BrN2O4/c1-21(2,3)28-19(26)24-10-7-11-25(20(27)29-22(4,5)6)18-13-15-8-9-17(23)12-16(15)14-18/h8-9,12,18H,7,10-11,13-14H2,1-6H3,(H,24,26). The lowest BCUT2D eigenvalue weighted by molar-refractivity contribution is 0.0166. The molecule has 162 valence electrons. The van der Waals surface area contributed by atoms with Crippen LogP contribution in [0.2, 0.25) is 0 Å². The molecule has 0 fully saturated rings. The molecule has 1 aliphatic rings. The van der Waals surface area contributed by atoms with Crippen LogP contribution in [0, 0.1) is 0 Å². The third kappa shape index (κ3) is 7.88. The first-order chi connectivity index (χ1) is 13.3. The summed E-state index contributed by atoms with van der Waals surface area (Å²) in [6, 6.07) is 6.31. The fourth-order valence-electron chi connectivity index (χ4n) is 3.28. The summed E-state index contributed by atoms with van der Waals surface area (Å²) < 4.78 is 11.9. The molecule has 1 N–H and O–H groups in total. The number of rotatable bonds is 5. The molecular weight excluding hydrogens is 436 g/mol. The molecular formula is C22H33BrN2O4. The maximum absolute atomic E-state index is 12.9. The van der Waals surface area contributed by atoms with Gasteiger partial charge in [0, 0.05) is 23.6 Å². The number of carbonyl (C=O) groups excluding carboxylic acids is 2. The molecule has 1 aromatic carbocycles. The summed E-state index contributed by atoms with van der Waals surface area (Å²) in [7, 11) is 0. The Kier molecular flexibility index (Phi) is 7.60. The quantitative estimate of drug-likeness (QED) is 0.612. The Balaban J connectivity index is 1.98. The van der Waals surface area contributed by atoms with Gasteiger partial charge in [0.05, 0.1) is 0 Å². The predicted octanol–water partition coefficient (Wildman–Crippen LogP) is 5.07. The largest absolute Gasteiger partial charge is 0.444 e. The number of halogens is 1. The van der Waals surface area contributed by atoms with Gasteiger partial charge < -0.3 is 19.7 Å². The lowest BCUT2D eigenvalue weighted by Gasteiger charge is -2.31. The number of alkyl carbamates (subject to hydrolysis) is 1. The third-order valence-corrected chi connectivity index (χ3v) is 4.89. The Labute approximate surface area is 182 Å². The lowest BCUT2D eigenvalue weighted by Crippen LogP contribution is -2.45. The average molecular weight is 469 g/mol. The van der Waals surface area contributed by atoms with Gasteiger partial charge in [-0.1, -0.05) is 22.0 Å². The maximum Gasteiger partial charge on any atom is 0.410 e. The van der Waals surface area contributed by atoms with Crippen LogP contribution >= 0.6 is 15.9 Å². The van der Waals surface area contributed by atoms with E-state index < -0.39 is 17.3 Å². The van der Waals surface area contributed by atoms with E-state index in [1.54, 1.807) is 4.90 Å². The topological polar surface area (TPSA) is 67.9 Å². The van der Waals surface area contributed by atoms with Gasteiger partial charge >= 0.3 is 12.2 Å². The molecule has 2 amide bonds. The van der Waals surface area contributed by atoms with E-state index in [4.69, 9.17) is 9.47 Å². The molecule has 0 radical (unpaired) electrons. The van der Waals surface area contributed by atoms with E-state index in [2.05, 4.69) is 33.4 Å². The SMILES string of the molecule is CC(C)(C)OC(=O)NCCCN(C(=O)OC(C)(C)C)C1Cc2ccc(Br)cc2C1. The highest BCUT2D eigenvalue weighted by atomic mass is 79.9. The molecule has 0 spiro atoms. The van der Waals surface area contributed by atoms with Gasteiger partial charge in [0.25, 0.3) is 0 Å². The number of ether oxygens (including phenoxy) is 2. The zero-order chi connectivity index (χ0) is 21.8.